The van der Waals surface area contributed by atoms with Gasteiger partial charge in [0.15, 0.2) is 5.65 Å². The zero-order valence-electron chi connectivity index (χ0n) is 19.0. The highest BCUT2D eigenvalue weighted by Gasteiger charge is 2.29. The van der Waals surface area contributed by atoms with Crippen LogP contribution in [-0.2, 0) is 11.2 Å². The summed E-state index contributed by atoms with van der Waals surface area (Å²) in [5.74, 6) is 2.50. The third-order valence-corrected chi connectivity index (χ3v) is 7.37. The molecule has 6 rings (SSSR count). The molecule has 2 aliphatic carbocycles. The maximum atomic E-state index is 5.58. The number of nitrogens with zero attached hydrogens (tertiary/aromatic N) is 4. The topological polar surface area (TPSA) is 64.3 Å². The largest absolute Gasteiger partial charge is 0.381 e. The molecule has 2 aromatic heterocycles. The molecule has 0 unspecified atom stereocenters. The van der Waals surface area contributed by atoms with Gasteiger partial charge < -0.3 is 10.1 Å². The van der Waals surface area contributed by atoms with Crippen LogP contribution in [0.4, 0.5) is 5.95 Å². The number of hydrogen-bond donors (Lipinski definition) is 1. The van der Waals surface area contributed by atoms with E-state index in [1.807, 2.05) is 10.7 Å². The number of hydrogen-bond acceptors (Lipinski definition) is 5. The van der Waals surface area contributed by atoms with Crippen molar-refractivity contribution in [1.29, 1.82) is 0 Å². The number of anilines is 1. The second-order valence-electron chi connectivity index (χ2n) is 9.78. The number of aromatic nitrogens is 4. The average molecular weight is 430 g/mol. The fourth-order valence-corrected chi connectivity index (χ4v) is 5.54. The Balaban J connectivity index is 1.34. The van der Waals surface area contributed by atoms with Crippen LogP contribution in [0.25, 0.3) is 11.2 Å². The quantitative estimate of drug-likeness (QED) is 0.624. The predicted molar refractivity (Wildman–Crippen MR) is 126 cm³/mol. The van der Waals surface area contributed by atoms with Crippen LogP contribution in [0.2, 0.25) is 0 Å². The summed E-state index contributed by atoms with van der Waals surface area (Å²) in [6.07, 6.45) is 8.38. The predicted octanol–water partition coefficient (Wildman–Crippen LogP) is 5.12. The van der Waals surface area contributed by atoms with Crippen LogP contribution < -0.4 is 5.32 Å². The molecule has 166 valence electrons. The lowest BCUT2D eigenvalue weighted by molar-refractivity contribution is 0.0836. The maximum Gasteiger partial charge on any atom is 0.227 e. The number of ether oxygens (including phenoxy) is 1. The molecule has 0 bridgehead atoms. The van der Waals surface area contributed by atoms with Crippen LogP contribution in [0.5, 0.6) is 0 Å². The number of rotatable bonds is 4. The Bertz CT molecular complexity index is 1190. The van der Waals surface area contributed by atoms with Crippen molar-refractivity contribution in [3.63, 3.8) is 0 Å². The van der Waals surface area contributed by atoms with Gasteiger partial charge in [0.05, 0.1) is 6.20 Å². The second-order valence-corrected chi connectivity index (χ2v) is 9.78. The zero-order valence-corrected chi connectivity index (χ0v) is 19.0. The summed E-state index contributed by atoms with van der Waals surface area (Å²) < 4.78 is 7.50. The first-order chi connectivity index (χ1) is 15.7. The summed E-state index contributed by atoms with van der Waals surface area (Å²) >= 11 is 0. The van der Waals surface area contributed by atoms with E-state index in [9.17, 15) is 0 Å². The van der Waals surface area contributed by atoms with Gasteiger partial charge in [0, 0.05) is 30.7 Å². The molecule has 1 fully saturated rings. The standard InChI is InChI=1S/C26H31N5O/c1-16(2)23-15-27-31-25(23)29-24(17-9-11-32-12-10-17)30-26(31)28-20-8-7-19-13-18-5-3-4-6-21(18)22(19)14-20/h3-6,15-17,20H,7-14H2,1-2H3,(H,28,29,30)/t20-/m1/s1. The van der Waals surface area contributed by atoms with Gasteiger partial charge in [-0.25, -0.2) is 4.98 Å². The van der Waals surface area contributed by atoms with Crippen molar-refractivity contribution in [2.75, 3.05) is 18.5 Å². The molecular formula is C26H31N5O. The van der Waals surface area contributed by atoms with Crippen molar-refractivity contribution in [3.8, 4) is 0 Å². The molecular weight excluding hydrogens is 398 g/mol. The third kappa shape index (κ3) is 3.41. The molecule has 3 heterocycles. The fraction of sp³-hybridized carbons (Fsp3) is 0.500. The minimum Gasteiger partial charge on any atom is -0.381 e. The Morgan fingerprint density at radius 1 is 1.09 bits per heavy atom. The molecule has 0 radical (unpaired) electrons. The Hall–Kier alpha value is -2.73. The molecule has 0 saturated carbocycles. The Morgan fingerprint density at radius 3 is 2.78 bits per heavy atom. The van der Waals surface area contributed by atoms with Crippen molar-refractivity contribution in [1.82, 2.24) is 19.6 Å². The molecule has 6 heteroatoms. The lowest BCUT2D eigenvalue weighted by Crippen LogP contribution is -2.26. The molecule has 0 spiro atoms. The molecule has 1 saturated heterocycles. The van der Waals surface area contributed by atoms with Gasteiger partial charge in [0.25, 0.3) is 0 Å². The molecule has 3 aliphatic rings. The van der Waals surface area contributed by atoms with Gasteiger partial charge in [0.1, 0.15) is 5.82 Å². The van der Waals surface area contributed by atoms with Crippen molar-refractivity contribution >= 4 is 17.2 Å². The molecule has 0 amide bonds. The van der Waals surface area contributed by atoms with E-state index in [2.05, 4.69) is 48.5 Å². The highest BCUT2D eigenvalue weighted by molar-refractivity contribution is 5.77. The highest BCUT2D eigenvalue weighted by atomic mass is 16.5. The van der Waals surface area contributed by atoms with Gasteiger partial charge in [0.2, 0.25) is 5.95 Å². The molecule has 1 aliphatic heterocycles. The van der Waals surface area contributed by atoms with E-state index in [4.69, 9.17) is 14.7 Å². The van der Waals surface area contributed by atoms with Crippen LogP contribution in [-0.4, -0.2) is 38.8 Å². The van der Waals surface area contributed by atoms with Crippen LogP contribution >= 0.6 is 0 Å². The second kappa shape index (κ2) is 8.00. The molecule has 1 N–H and O–H groups in total. The average Bonchev–Trinajstić information content (AvgIpc) is 3.41. The summed E-state index contributed by atoms with van der Waals surface area (Å²) in [4.78, 5) is 10.0. The summed E-state index contributed by atoms with van der Waals surface area (Å²) in [5.41, 5.74) is 8.23. The summed E-state index contributed by atoms with van der Waals surface area (Å²) in [5, 5.41) is 8.47. The van der Waals surface area contributed by atoms with Gasteiger partial charge in [-0.3, -0.25) is 0 Å². The van der Waals surface area contributed by atoms with E-state index < -0.39 is 0 Å². The first-order valence-electron chi connectivity index (χ1n) is 12.1. The number of benzene rings is 1. The summed E-state index contributed by atoms with van der Waals surface area (Å²) in [6.45, 7) is 5.98. The van der Waals surface area contributed by atoms with Crippen LogP contribution in [0.15, 0.2) is 36.0 Å². The number of fused-ring (bicyclic) bond motifs is 3. The van der Waals surface area contributed by atoms with Crippen LogP contribution in [0.1, 0.15) is 80.3 Å². The van der Waals surface area contributed by atoms with Crippen molar-refractivity contribution in [2.24, 2.45) is 0 Å². The van der Waals surface area contributed by atoms with Gasteiger partial charge in [-0.05, 0) is 61.1 Å². The number of nitrogens with one attached hydrogen (secondary N) is 1. The third-order valence-electron chi connectivity index (χ3n) is 7.37. The van der Waals surface area contributed by atoms with Crippen molar-refractivity contribution < 1.29 is 4.74 Å². The zero-order chi connectivity index (χ0) is 21.7. The Morgan fingerprint density at radius 2 is 1.94 bits per heavy atom. The Kier molecular flexibility index (Phi) is 4.98. The highest BCUT2D eigenvalue weighted by Crippen LogP contribution is 2.42. The normalized spacial score (nSPS) is 21.3. The van der Waals surface area contributed by atoms with Gasteiger partial charge in [-0.1, -0.05) is 43.7 Å². The van der Waals surface area contributed by atoms with E-state index in [1.54, 1.807) is 11.1 Å². The van der Waals surface area contributed by atoms with Gasteiger partial charge in [-0.15, -0.1) is 0 Å². The molecule has 1 atom stereocenters. The van der Waals surface area contributed by atoms with E-state index in [0.717, 1.165) is 69.2 Å². The van der Waals surface area contributed by atoms with Crippen LogP contribution in [0, 0.1) is 0 Å². The van der Waals surface area contributed by atoms with E-state index in [1.165, 1.54) is 16.7 Å². The van der Waals surface area contributed by atoms with E-state index in [0.29, 0.717) is 17.9 Å². The van der Waals surface area contributed by atoms with E-state index >= 15 is 0 Å². The maximum absolute atomic E-state index is 5.58. The smallest absolute Gasteiger partial charge is 0.227 e. The summed E-state index contributed by atoms with van der Waals surface area (Å²) in [7, 11) is 0. The minimum atomic E-state index is 0.353. The molecule has 6 nitrogen and oxygen atoms in total. The van der Waals surface area contributed by atoms with Crippen molar-refractivity contribution in [3.05, 3.63) is 58.6 Å². The van der Waals surface area contributed by atoms with Gasteiger partial charge in [-0.2, -0.15) is 14.6 Å². The number of allylic oxidation sites excluding steroid dienone is 1. The molecule has 32 heavy (non-hydrogen) atoms. The van der Waals surface area contributed by atoms with Gasteiger partial charge >= 0.3 is 0 Å². The lowest BCUT2D eigenvalue weighted by Gasteiger charge is -2.27. The minimum absolute atomic E-state index is 0.353. The lowest BCUT2D eigenvalue weighted by atomic mass is 9.88. The SMILES string of the molecule is CC(C)c1cnn2c(N[C@@H]3CCC4=C(C3)c3ccccc3C4)nc(C3CCOCC3)nc12. The van der Waals surface area contributed by atoms with Crippen molar-refractivity contribution in [2.45, 2.75) is 70.3 Å². The fourth-order valence-electron chi connectivity index (χ4n) is 5.54. The van der Waals surface area contributed by atoms with E-state index in [-0.39, 0.29) is 0 Å². The molecule has 3 aromatic rings. The Labute approximate surface area is 189 Å². The molecule has 1 aromatic carbocycles. The summed E-state index contributed by atoms with van der Waals surface area (Å²) in [6, 6.07) is 9.24. The monoisotopic (exact) mass is 429 g/mol. The first kappa shape index (κ1) is 19.9. The van der Waals surface area contributed by atoms with Crippen LogP contribution in [0.3, 0.4) is 0 Å². The first-order valence-corrected chi connectivity index (χ1v) is 12.1.